The molecule has 0 aromatic heterocycles. The fourth-order valence-corrected chi connectivity index (χ4v) is 3.07. The van der Waals surface area contributed by atoms with E-state index in [0.29, 0.717) is 12.1 Å². The Morgan fingerprint density at radius 3 is 2.16 bits per heavy atom. The van der Waals surface area contributed by atoms with Crippen molar-refractivity contribution in [2.45, 2.75) is 67.0 Å². The number of nitrogens with zero attached hydrogens (tertiary/aromatic N) is 1. The lowest BCUT2D eigenvalue weighted by molar-refractivity contribution is 0.0713. The second-order valence-electron chi connectivity index (χ2n) is 7.72. The minimum atomic E-state index is 0.689. The number of hydrogen-bond acceptors (Lipinski definition) is 2. The second kappa shape index (κ2) is 7.64. The molecule has 1 fully saturated rings. The van der Waals surface area contributed by atoms with Crippen LogP contribution in [0.1, 0.15) is 54.9 Å². The number of rotatable bonds is 6. The molecule has 2 heteroatoms. The lowest BCUT2D eigenvalue weighted by Crippen LogP contribution is -2.59. The van der Waals surface area contributed by atoms with Crippen LogP contribution in [-0.2, 0) is 0 Å². The molecule has 0 spiro atoms. The standard InChI is InChI=1S/C17H36N2/c1-12(2)8-16-11-19(10-15(7)13(3)4)17(9-18-16)14(5)6/h12-18H,8-11H2,1-7H3. The fourth-order valence-electron chi connectivity index (χ4n) is 3.07. The van der Waals surface area contributed by atoms with Crippen molar-refractivity contribution in [2.75, 3.05) is 19.6 Å². The zero-order valence-electron chi connectivity index (χ0n) is 14.2. The molecule has 1 saturated heterocycles. The molecule has 19 heavy (non-hydrogen) atoms. The maximum Gasteiger partial charge on any atom is 0.0244 e. The number of nitrogens with one attached hydrogen (secondary N) is 1. The van der Waals surface area contributed by atoms with E-state index in [4.69, 9.17) is 0 Å². The molecule has 3 atom stereocenters. The van der Waals surface area contributed by atoms with Gasteiger partial charge in [0.05, 0.1) is 0 Å². The zero-order chi connectivity index (χ0) is 14.6. The van der Waals surface area contributed by atoms with Crippen LogP contribution in [0, 0.1) is 23.7 Å². The first-order chi connectivity index (χ1) is 8.81. The summed E-state index contributed by atoms with van der Waals surface area (Å²) in [5.41, 5.74) is 0. The van der Waals surface area contributed by atoms with Gasteiger partial charge in [-0.3, -0.25) is 4.90 Å². The van der Waals surface area contributed by atoms with Gasteiger partial charge in [0.15, 0.2) is 0 Å². The molecule has 1 aliphatic heterocycles. The van der Waals surface area contributed by atoms with Crippen molar-refractivity contribution in [3.8, 4) is 0 Å². The Hall–Kier alpha value is -0.0800. The van der Waals surface area contributed by atoms with Crippen LogP contribution in [0.15, 0.2) is 0 Å². The minimum absolute atomic E-state index is 0.689. The van der Waals surface area contributed by atoms with Crippen LogP contribution in [0.2, 0.25) is 0 Å². The first kappa shape index (κ1) is 17.0. The van der Waals surface area contributed by atoms with E-state index >= 15 is 0 Å². The van der Waals surface area contributed by atoms with Crippen LogP contribution in [-0.4, -0.2) is 36.6 Å². The molecular formula is C17H36N2. The predicted molar refractivity (Wildman–Crippen MR) is 85.4 cm³/mol. The van der Waals surface area contributed by atoms with E-state index in [1.807, 2.05) is 0 Å². The molecule has 3 unspecified atom stereocenters. The predicted octanol–water partition coefficient (Wildman–Crippen LogP) is 3.62. The second-order valence-corrected chi connectivity index (χ2v) is 7.72. The SMILES string of the molecule is CC(C)CC1CN(CC(C)C(C)C)C(C(C)C)CN1. The van der Waals surface area contributed by atoms with Crippen molar-refractivity contribution in [1.29, 1.82) is 0 Å². The smallest absolute Gasteiger partial charge is 0.0244 e. The maximum absolute atomic E-state index is 3.77. The van der Waals surface area contributed by atoms with Gasteiger partial charge in [-0.15, -0.1) is 0 Å². The first-order valence-electron chi connectivity index (χ1n) is 8.28. The highest BCUT2D eigenvalue weighted by Crippen LogP contribution is 2.21. The molecule has 0 amide bonds. The Morgan fingerprint density at radius 1 is 1.05 bits per heavy atom. The summed E-state index contributed by atoms with van der Waals surface area (Å²) < 4.78 is 0. The summed E-state index contributed by atoms with van der Waals surface area (Å²) in [6.07, 6.45) is 1.30. The van der Waals surface area contributed by atoms with E-state index < -0.39 is 0 Å². The Kier molecular flexibility index (Phi) is 6.82. The summed E-state index contributed by atoms with van der Waals surface area (Å²) in [7, 11) is 0. The monoisotopic (exact) mass is 268 g/mol. The van der Waals surface area contributed by atoms with Crippen molar-refractivity contribution in [3.63, 3.8) is 0 Å². The topological polar surface area (TPSA) is 15.3 Å². The molecule has 2 nitrogen and oxygen atoms in total. The molecule has 1 aliphatic rings. The van der Waals surface area contributed by atoms with Gasteiger partial charge < -0.3 is 5.32 Å². The first-order valence-corrected chi connectivity index (χ1v) is 8.28. The van der Waals surface area contributed by atoms with E-state index in [1.165, 1.54) is 26.1 Å². The molecule has 0 aromatic carbocycles. The minimum Gasteiger partial charge on any atom is -0.311 e. The third-order valence-electron chi connectivity index (χ3n) is 4.73. The highest BCUT2D eigenvalue weighted by molar-refractivity contribution is 4.89. The van der Waals surface area contributed by atoms with Crippen LogP contribution in [0.3, 0.4) is 0 Å². The Balaban J connectivity index is 2.62. The number of hydrogen-bond donors (Lipinski definition) is 1. The van der Waals surface area contributed by atoms with Gasteiger partial charge in [0, 0.05) is 31.7 Å². The van der Waals surface area contributed by atoms with Crippen LogP contribution in [0.4, 0.5) is 0 Å². The normalized spacial score (nSPS) is 27.5. The molecule has 114 valence electrons. The summed E-state index contributed by atoms with van der Waals surface area (Å²) >= 11 is 0. The molecule has 1 rings (SSSR count). The average molecular weight is 268 g/mol. The van der Waals surface area contributed by atoms with Crippen LogP contribution < -0.4 is 5.32 Å². The van der Waals surface area contributed by atoms with E-state index in [9.17, 15) is 0 Å². The van der Waals surface area contributed by atoms with Gasteiger partial charge in [0.1, 0.15) is 0 Å². The van der Waals surface area contributed by atoms with Gasteiger partial charge in [-0.05, 0) is 30.1 Å². The van der Waals surface area contributed by atoms with Crippen molar-refractivity contribution in [2.24, 2.45) is 23.7 Å². The van der Waals surface area contributed by atoms with Crippen LogP contribution >= 0.6 is 0 Å². The van der Waals surface area contributed by atoms with Crippen LogP contribution in [0.5, 0.6) is 0 Å². The molecule has 0 aromatic rings. The van der Waals surface area contributed by atoms with Crippen molar-refractivity contribution >= 4 is 0 Å². The van der Waals surface area contributed by atoms with Gasteiger partial charge in [0.2, 0.25) is 0 Å². The fraction of sp³-hybridized carbons (Fsp3) is 1.00. The molecule has 0 radical (unpaired) electrons. The van der Waals surface area contributed by atoms with Crippen molar-refractivity contribution in [3.05, 3.63) is 0 Å². The van der Waals surface area contributed by atoms with Gasteiger partial charge in [-0.1, -0.05) is 48.5 Å². The van der Waals surface area contributed by atoms with Crippen molar-refractivity contribution in [1.82, 2.24) is 10.2 Å². The summed E-state index contributed by atoms with van der Waals surface area (Å²) in [5, 5.41) is 3.77. The molecule has 0 aliphatic carbocycles. The summed E-state index contributed by atoms with van der Waals surface area (Å²) in [6.45, 7) is 20.2. The van der Waals surface area contributed by atoms with Gasteiger partial charge in [-0.2, -0.15) is 0 Å². The largest absolute Gasteiger partial charge is 0.311 e. The molecule has 1 N–H and O–H groups in total. The van der Waals surface area contributed by atoms with Gasteiger partial charge in [-0.25, -0.2) is 0 Å². The Morgan fingerprint density at radius 2 is 1.68 bits per heavy atom. The molecule has 0 saturated carbocycles. The van der Waals surface area contributed by atoms with Gasteiger partial charge >= 0.3 is 0 Å². The maximum atomic E-state index is 3.77. The third-order valence-corrected chi connectivity index (χ3v) is 4.73. The quantitative estimate of drug-likeness (QED) is 0.791. The van der Waals surface area contributed by atoms with Gasteiger partial charge in [0.25, 0.3) is 0 Å². The molecule has 0 bridgehead atoms. The highest BCUT2D eigenvalue weighted by Gasteiger charge is 2.31. The summed E-state index contributed by atoms with van der Waals surface area (Å²) in [5.74, 6) is 3.11. The third kappa shape index (κ3) is 5.43. The van der Waals surface area contributed by atoms with E-state index in [2.05, 4.69) is 58.7 Å². The van der Waals surface area contributed by atoms with E-state index in [0.717, 1.165) is 23.7 Å². The molecular weight excluding hydrogens is 232 g/mol. The Labute approximate surface area is 121 Å². The van der Waals surface area contributed by atoms with E-state index in [-0.39, 0.29) is 0 Å². The highest BCUT2D eigenvalue weighted by atomic mass is 15.2. The Bertz CT molecular complexity index is 248. The van der Waals surface area contributed by atoms with Crippen LogP contribution in [0.25, 0.3) is 0 Å². The summed E-state index contributed by atoms with van der Waals surface area (Å²) in [4.78, 5) is 2.76. The lowest BCUT2D eigenvalue weighted by atomic mass is 9.91. The lowest BCUT2D eigenvalue weighted by Gasteiger charge is -2.44. The molecule has 1 heterocycles. The average Bonchev–Trinajstić information content (AvgIpc) is 2.27. The number of piperazine rings is 1. The zero-order valence-corrected chi connectivity index (χ0v) is 14.2. The van der Waals surface area contributed by atoms with E-state index in [1.54, 1.807) is 0 Å². The van der Waals surface area contributed by atoms with Crippen molar-refractivity contribution < 1.29 is 0 Å². The summed E-state index contributed by atoms with van der Waals surface area (Å²) in [6, 6.07) is 1.40.